The number of amides is 7. The number of carbonyl (C=O) groups excluding carboxylic acids is 7. The minimum atomic E-state index is -0.697. The number of alkyl halides is 1. The van der Waals surface area contributed by atoms with Crippen LogP contribution in [0.4, 0.5) is 0 Å². The maximum atomic E-state index is 12.1. The molecule has 306 valence electrons. The Kier molecular flexibility index (Phi) is 30.2. The van der Waals surface area contributed by atoms with Gasteiger partial charge in [-0.3, -0.25) is 54.4 Å². The molecule has 0 atom stereocenters. The molecule has 0 aliphatic carbocycles. The normalized spacial score (nSPS) is 10.7. The molecule has 7 amide bonds. The largest absolute Gasteiger partial charge is 0.378 e. The number of carbonyl (C=O) groups is 7. The zero-order chi connectivity index (χ0) is 39.9. The lowest BCUT2D eigenvalue weighted by Gasteiger charge is -2.16. The van der Waals surface area contributed by atoms with Gasteiger partial charge in [-0.2, -0.15) is 0 Å². The third kappa shape index (κ3) is 28.9. The summed E-state index contributed by atoms with van der Waals surface area (Å²) < 4.78 is 16.7. The van der Waals surface area contributed by atoms with Crippen molar-refractivity contribution in [3.05, 3.63) is 0 Å². The van der Waals surface area contributed by atoms with E-state index in [4.69, 9.17) is 14.2 Å². The van der Waals surface area contributed by atoms with Gasteiger partial charge in [-0.25, -0.2) is 20.3 Å². The molecule has 0 aliphatic heterocycles. The lowest BCUT2D eigenvalue weighted by Crippen LogP contribution is -2.34. The van der Waals surface area contributed by atoms with Gasteiger partial charge in [0.1, 0.15) is 0 Å². The Morgan fingerprint density at radius 2 is 0.811 bits per heavy atom. The molecule has 0 aromatic heterocycles. The number of nitrogens with zero attached hydrogens (tertiary/aromatic N) is 4. The number of hydrogen-bond acceptors (Lipinski definition) is 14. The van der Waals surface area contributed by atoms with Crippen molar-refractivity contribution in [2.45, 2.75) is 64.7 Å². The van der Waals surface area contributed by atoms with Gasteiger partial charge in [0.25, 0.3) is 0 Å². The van der Waals surface area contributed by atoms with Gasteiger partial charge in [-0.1, -0.05) is 29.0 Å². The molecule has 21 nitrogen and oxygen atoms in total. The fraction of sp³-hybridized carbons (Fsp3) is 0.774. The number of nitrogens with one attached hydrogen (secondary N) is 3. The number of hydrogen-bond donors (Lipinski definition) is 7. The first-order valence-corrected chi connectivity index (χ1v) is 18.8. The van der Waals surface area contributed by atoms with Crippen LogP contribution in [-0.2, 0) is 47.8 Å². The fourth-order valence-corrected chi connectivity index (χ4v) is 4.46. The third-order valence-corrected chi connectivity index (χ3v) is 7.74. The highest BCUT2D eigenvalue weighted by atomic mass is 127. The lowest BCUT2D eigenvalue weighted by molar-refractivity contribution is -0.168. The predicted octanol–water partition coefficient (Wildman–Crippen LogP) is -0.778. The number of rotatable bonds is 32. The van der Waals surface area contributed by atoms with Crippen LogP contribution in [0.25, 0.3) is 0 Å². The summed E-state index contributed by atoms with van der Waals surface area (Å²) in [6.45, 7) is 1.75. The van der Waals surface area contributed by atoms with Gasteiger partial charge in [0.15, 0.2) is 0 Å². The third-order valence-electron chi connectivity index (χ3n) is 6.98. The van der Waals surface area contributed by atoms with Gasteiger partial charge in [-0.15, -0.1) is 0 Å². The van der Waals surface area contributed by atoms with Gasteiger partial charge < -0.3 is 30.2 Å². The summed E-state index contributed by atoms with van der Waals surface area (Å²) in [5.41, 5.74) is 0. The summed E-state index contributed by atoms with van der Waals surface area (Å²) in [4.78, 5) is 82.5. The molecule has 0 spiro atoms. The molecule has 7 N–H and O–H groups in total. The Labute approximate surface area is 322 Å². The zero-order valence-electron chi connectivity index (χ0n) is 30.3. The van der Waals surface area contributed by atoms with Crippen LogP contribution in [0.3, 0.4) is 0 Å². The first-order chi connectivity index (χ1) is 25.3. The van der Waals surface area contributed by atoms with Crippen molar-refractivity contribution in [3.63, 3.8) is 0 Å². The van der Waals surface area contributed by atoms with Crippen molar-refractivity contribution in [1.29, 1.82) is 0 Å². The van der Waals surface area contributed by atoms with Gasteiger partial charge in [0.2, 0.25) is 41.4 Å². The van der Waals surface area contributed by atoms with E-state index in [0.29, 0.717) is 26.7 Å². The van der Waals surface area contributed by atoms with E-state index in [-0.39, 0.29) is 130 Å². The molecule has 0 aromatic carbocycles. The summed E-state index contributed by atoms with van der Waals surface area (Å²) in [5, 5.41) is 48.3. The fourth-order valence-electron chi connectivity index (χ4n) is 3.93. The SMILES string of the molecule is CC(=O)N(O)CCOCCNC(=O)CCC(=O)N(O)CCOCCNC(=O)CCC(=O)N(O)CCOCCNC(=O)CCC(=O)N(O)CCCCCI. The van der Waals surface area contributed by atoms with Gasteiger partial charge in [0, 0.05) is 71.6 Å². The Morgan fingerprint density at radius 1 is 0.472 bits per heavy atom. The molecule has 0 saturated carbocycles. The van der Waals surface area contributed by atoms with E-state index in [2.05, 4.69) is 38.5 Å². The van der Waals surface area contributed by atoms with Crippen molar-refractivity contribution in [2.24, 2.45) is 0 Å². The number of hydroxylamine groups is 8. The van der Waals surface area contributed by atoms with Crippen LogP contribution in [0.15, 0.2) is 0 Å². The second-order valence-corrected chi connectivity index (χ2v) is 12.4. The average molecular weight is 878 g/mol. The van der Waals surface area contributed by atoms with Gasteiger partial charge in [0.05, 0.1) is 59.3 Å². The van der Waals surface area contributed by atoms with E-state index in [1.54, 1.807) is 0 Å². The molecule has 0 fully saturated rings. The van der Waals surface area contributed by atoms with Crippen LogP contribution in [0, 0.1) is 0 Å². The Bertz CT molecular complexity index is 1110. The highest BCUT2D eigenvalue weighted by molar-refractivity contribution is 14.1. The second-order valence-electron chi connectivity index (χ2n) is 11.3. The molecular formula is C31H56IN7O14. The van der Waals surface area contributed by atoms with Crippen LogP contribution >= 0.6 is 22.6 Å². The summed E-state index contributed by atoms with van der Waals surface area (Å²) in [6.07, 6.45) is 1.52. The first kappa shape index (κ1) is 49.7. The lowest BCUT2D eigenvalue weighted by atomic mass is 10.2. The highest BCUT2D eigenvalue weighted by Gasteiger charge is 2.16. The van der Waals surface area contributed by atoms with Crippen LogP contribution in [-0.4, -0.2) is 172 Å². The molecular weight excluding hydrogens is 821 g/mol. The molecule has 0 unspecified atom stereocenters. The molecule has 0 bridgehead atoms. The number of halogens is 1. The second kappa shape index (κ2) is 32.2. The zero-order valence-corrected chi connectivity index (χ0v) is 32.5. The van der Waals surface area contributed by atoms with E-state index >= 15 is 0 Å². The molecule has 0 saturated heterocycles. The van der Waals surface area contributed by atoms with Crippen molar-refractivity contribution in [3.8, 4) is 0 Å². The Balaban J connectivity index is 3.81. The average Bonchev–Trinajstić information content (AvgIpc) is 3.13. The van der Waals surface area contributed by atoms with Gasteiger partial charge >= 0.3 is 0 Å². The molecule has 0 aliphatic rings. The van der Waals surface area contributed by atoms with Crippen LogP contribution in [0.5, 0.6) is 0 Å². The Hall–Kier alpha value is -3.26. The van der Waals surface area contributed by atoms with Gasteiger partial charge in [-0.05, 0) is 17.3 Å². The quantitative estimate of drug-likeness (QED) is 0.0144. The molecule has 0 heterocycles. The molecule has 0 radical (unpaired) electrons. The maximum Gasteiger partial charge on any atom is 0.246 e. The summed E-state index contributed by atoms with van der Waals surface area (Å²) in [7, 11) is 0. The first-order valence-electron chi connectivity index (χ1n) is 17.3. The van der Waals surface area contributed by atoms with Crippen LogP contribution < -0.4 is 16.0 Å². The minimum Gasteiger partial charge on any atom is -0.378 e. The van der Waals surface area contributed by atoms with Crippen molar-refractivity contribution >= 4 is 63.9 Å². The highest BCUT2D eigenvalue weighted by Crippen LogP contribution is 2.03. The molecule has 22 heteroatoms. The minimum absolute atomic E-state index is 0.0118. The van der Waals surface area contributed by atoms with E-state index < -0.39 is 35.4 Å². The maximum absolute atomic E-state index is 12.1. The summed E-state index contributed by atoms with van der Waals surface area (Å²) >= 11 is 2.26. The van der Waals surface area contributed by atoms with Crippen LogP contribution in [0.2, 0.25) is 0 Å². The van der Waals surface area contributed by atoms with Crippen molar-refractivity contribution < 1.29 is 68.6 Å². The molecule has 0 rings (SSSR count). The van der Waals surface area contributed by atoms with E-state index in [0.717, 1.165) is 17.3 Å². The predicted molar refractivity (Wildman–Crippen MR) is 192 cm³/mol. The Morgan fingerprint density at radius 3 is 1.15 bits per heavy atom. The van der Waals surface area contributed by atoms with Crippen molar-refractivity contribution in [1.82, 2.24) is 36.2 Å². The number of unbranched alkanes of at least 4 members (excludes halogenated alkanes) is 2. The standard InChI is InChI=1S/C31H56IN7O14/c1-25(40)36(47)16-22-51-19-12-33-27(42)6-9-30(45)38(49)18-24-53-21-14-35-28(43)7-10-31(46)39(50)17-23-52-20-13-34-26(41)5-8-29(44)37(48)15-4-2-3-11-32/h47-50H,2-24H2,1H3,(H,33,42)(H,34,41)(H,35,43). The summed E-state index contributed by atoms with van der Waals surface area (Å²) in [5.74, 6) is -3.71. The van der Waals surface area contributed by atoms with E-state index in [9.17, 15) is 54.4 Å². The topological polar surface area (TPSA) is 277 Å². The van der Waals surface area contributed by atoms with E-state index in [1.807, 2.05) is 0 Å². The van der Waals surface area contributed by atoms with Crippen molar-refractivity contribution in [2.75, 3.05) is 89.9 Å². The molecule has 53 heavy (non-hydrogen) atoms. The van der Waals surface area contributed by atoms with E-state index in [1.165, 1.54) is 6.92 Å². The number of ether oxygens (including phenoxy) is 3. The summed E-state index contributed by atoms with van der Waals surface area (Å²) in [6, 6.07) is 0. The van der Waals surface area contributed by atoms with Crippen LogP contribution in [0.1, 0.15) is 64.7 Å². The molecule has 0 aromatic rings. The smallest absolute Gasteiger partial charge is 0.246 e. The monoisotopic (exact) mass is 877 g/mol.